The largest absolute Gasteiger partial charge is 0.508 e. The third-order valence-corrected chi connectivity index (χ3v) is 5.70. The highest BCUT2D eigenvalue weighted by molar-refractivity contribution is 5.97. The highest BCUT2D eigenvalue weighted by Gasteiger charge is 2.31. The molecular weight excluding hydrogens is 524 g/mol. The molecule has 0 aromatic heterocycles. The Balaban J connectivity index is 2.28. The molecule has 0 aliphatic heterocycles. The van der Waals surface area contributed by atoms with Crippen molar-refractivity contribution < 1.29 is 39.0 Å². The number of rotatable bonds is 15. The van der Waals surface area contributed by atoms with Crippen molar-refractivity contribution in [1.82, 2.24) is 16.0 Å². The van der Waals surface area contributed by atoms with Gasteiger partial charge in [0.2, 0.25) is 29.5 Å². The van der Waals surface area contributed by atoms with Gasteiger partial charge in [-0.05, 0) is 23.3 Å². The molecule has 4 unspecified atom stereocenters. The fourth-order valence-corrected chi connectivity index (χ4v) is 3.67. The smallest absolute Gasteiger partial charge is 0.326 e. The molecule has 0 aliphatic carbocycles. The van der Waals surface area contributed by atoms with Crippen LogP contribution in [0.2, 0.25) is 0 Å². The molecule has 0 heterocycles. The van der Waals surface area contributed by atoms with Crippen molar-refractivity contribution in [2.45, 2.75) is 49.9 Å². The van der Waals surface area contributed by atoms with Gasteiger partial charge in [-0.15, -0.1) is 0 Å². The molecule has 0 bridgehead atoms. The number of nitrogens with one attached hydrogen (secondary N) is 3. The number of amides is 5. The second-order valence-electron chi connectivity index (χ2n) is 9.03. The minimum Gasteiger partial charge on any atom is -0.508 e. The lowest BCUT2D eigenvalue weighted by Crippen LogP contribution is -2.58. The molecule has 214 valence electrons. The maximum Gasteiger partial charge on any atom is 0.326 e. The van der Waals surface area contributed by atoms with Crippen molar-refractivity contribution in [1.29, 1.82) is 0 Å². The Hall–Kier alpha value is -4.98. The van der Waals surface area contributed by atoms with Crippen molar-refractivity contribution in [2.24, 2.45) is 17.2 Å². The van der Waals surface area contributed by atoms with Crippen LogP contribution in [0.1, 0.15) is 24.0 Å². The van der Waals surface area contributed by atoms with Crippen LogP contribution in [0.5, 0.6) is 5.75 Å². The number of phenolic OH excluding ortho intramolecular Hbond substituents is 1. The molecule has 0 aliphatic rings. The number of benzene rings is 2. The third kappa shape index (κ3) is 10.4. The lowest BCUT2D eigenvalue weighted by molar-refractivity contribution is -0.142. The van der Waals surface area contributed by atoms with Crippen LogP contribution in [0.25, 0.3) is 0 Å². The lowest BCUT2D eigenvalue weighted by atomic mass is 10.0. The van der Waals surface area contributed by atoms with Gasteiger partial charge in [-0.3, -0.25) is 24.0 Å². The summed E-state index contributed by atoms with van der Waals surface area (Å²) in [5, 5.41) is 26.3. The molecule has 11 N–H and O–H groups in total. The van der Waals surface area contributed by atoms with Crippen molar-refractivity contribution >= 4 is 35.5 Å². The van der Waals surface area contributed by atoms with Crippen molar-refractivity contribution in [3.05, 3.63) is 65.7 Å². The number of carboxylic acid groups (broad SMARTS) is 1. The number of primary amides is 2. The molecule has 0 spiro atoms. The minimum atomic E-state index is -1.57. The predicted octanol–water partition coefficient (Wildman–Crippen LogP) is -2.21. The van der Waals surface area contributed by atoms with E-state index in [-0.39, 0.29) is 18.6 Å². The molecule has 2 aromatic rings. The second kappa shape index (κ2) is 14.8. The quantitative estimate of drug-likeness (QED) is 0.118. The Bertz CT molecular complexity index is 1220. The number of aromatic hydroxyl groups is 1. The first-order valence-electron chi connectivity index (χ1n) is 12.1. The summed E-state index contributed by atoms with van der Waals surface area (Å²) in [6, 6.07) is 8.57. The van der Waals surface area contributed by atoms with E-state index in [9.17, 15) is 39.0 Å². The first-order valence-corrected chi connectivity index (χ1v) is 12.1. The van der Waals surface area contributed by atoms with E-state index in [1.165, 1.54) is 24.3 Å². The number of carboxylic acids is 1. The summed E-state index contributed by atoms with van der Waals surface area (Å²) in [7, 11) is 0. The number of nitrogens with two attached hydrogens (primary N) is 3. The molecule has 4 atom stereocenters. The zero-order valence-electron chi connectivity index (χ0n) is 21.4. The maximum atomic E-state index is 13.3. The van der Waals surface area contributed by atoms with Crippen LogP contribution in [0.15, 0.2) is 54.6 Å². The van der Waals surface area contributed by atoms with Crippen molar-refractivity contribution in [2.75, 3.05) is 0 Å². The van der Waals surface area contributed by atoms with Crippen LogP contribution in [-0.4, -0.2) is 69.9 Å². The monoisotopic (exact) mass is 556 g/mol. The zero-order chi connectivity index (χ0) is 29.8. The van der Waals surface area contributed by atoms with E-state index in [0.717, 1.165) is 0 Å². The van der Waals surface area contributed by atoms with Gasteiger partial charge in [-0.25, -0.2) is 4.79 Å². The van der Waals surface area contributed by atoms with E-state index in [1.807, 2.05) is 0 Å². The summed E-state index contributed by atoms with van der Waals surface area (Å²) in [5.41, 5.74) is 17.0. The van der Waals surface area contributed by atoms with Crippen LogP contribution in [0, 0.1) is 0 Å². The molecule has 14 nitrogen and oxygen atoms in total. The summed E-state index contributed by atoms with van der Waals surface area (Å²) in [6.45, 7) is 0. The number of phenols is 1. The Morgan fingerprint density at radius 3 is 1.68 bits per heavy atom. The standard InChI is InChI=1S/C26H32N6O8/c27-17(12-21(28)34)23(36)30-19(13-22(29)35)25(38)31-18(10-15-6-8-16(33)9-7-15)24(37)32-20(26(39)40)11-14-4-2-1-3-5-14/h1-9,17-20,33H,10-13,27H2,(H2,28,34)(H2,29,35)(H,30,36)(H,31,38)(H,32,37)(H,39,40). The molecule has 5 amide bonds. The minimum absolute atomic E-state index is 0.0418. The average molecular weight is 557 g/mol. The van der Waals surface area contributed by atoms with Gasteiger partial charge in [0.1, 0.15) is 23.9 Å². The summed E-state index contributed by atoms with van der Waals surface area (Å²) in [4.78, 5) is 73.3. The zero-order valence-corrected chi connectivity index (χ0v) is 21.4. The van der Waals surface area contributed by atoms with Gasteiger partial charge in [0.25, 0.3) is 0 Å². The lowest BCUT2D eigenvalue weighted by Gasteiger charge is -2.25. The fraction of sp³-hybridized carbons (Fsp3) is 0.308. The van der Waals surface area contributed by atoms with Crippen LogP contribution < -0.4 is 33.2 Å². The van der Waals surface area contributed by atoms with Crippen LogP contribution in [0.3, 0.4) is 0 Å². The summed E-state index contributed by atoms with van der Waals surface area (Å²) < 4.78 is 0. The first-order chi connectivity index (χ1) is 18.8. The van der Waals surface area contributed by atoms with E-state index in [0.29, 0.717) is 11.1 Å². The Morgan fingerprint density at radius 1 is 0.650 bits per heavy atom. The van der Waals surface area contributed by atoms with Crippen molar-refractivity contribution in [3.8, 4) is 5.75 Å². The Morgan fingerprint density at radius 2 is 1.12 bits per heavy atom. The van der Waals surface area contributed by atoms with Gasteiger partial charge >= 0.3 is 5.97 Å². The molecule has 14 heteroatoms. The number of hydrogen-bond donors (Lipinski definition) is 8. The van der Waals surface area contributed by atoms with Gasteiger partial charge in [-0.1, -0.05) is 42.5 Å². The molecular formula is C26H32N6O8. The number of aliphatic carboxylic acids is 1. The van der Waals surface area contributed by atoms with Gasteiger partial charge in [0.15, 0.2) is 0 Å². The predicted molar refractivity (Wildman–Crippen MR) is 141 cm³/mol. The highest BCUT2D eigenvalue weighted by atomic mass is 16.4. The second-order valence-corrected chi connectivity index (χ2v) is 9.03. The van der Waals surface area contributed by atoms with Crippen LogP contribution >= 0.6 is 0 Å². The normalized spacial score (nSPS) is 13.6. The topological polar surface area (TPSA) is 257 Å². The molecule has 2 aromatic carbocycles. The third-order valence-electron chi connectivity index (χ3n) is 5.70. The average Bonchev–Trinajstić information content (AvgIpc) is 2.88. The molecule has 0 saturated carbocycles. The van der Waals surface area contributed by atoms with Crippen LogP contribution in [-0.2, 0) is 41.6 Å². The van der Waals surface area contributed by atoms with Gasteiger partial charge < -0.3 is 43.4 Å². The first kappa shape index (κ1) is 31.2. The van der Waals surface area contributed by atoms with E-state index in [2.05, 4.69) is 16.0 Å². The van der Waals surface area contributed by atoms with Gasteiger partial charge in [-0.2, -0.15) is 0 Å². The van der Waals surface area contributed by atoms with E-state index in [1.54, 1.807) is 30.3 Å². The van der Waals surface area contributed by atoms with E-state index < -0.39 is 72.5 Å². The number of hydrogen-bond acceptors (Lipinski definition) is 8. The molecule has 2 rings (SSSR count). The fourth-order valence-electron chi connectivity index (χ4n) is 3.67. The number of carbonyl (C=O) groups is 6. The van der Waals surface area contributed by atoms with Crippen molar-refractivity contribution in [3.63, 3.8) is 0 Å². The Kier molecular flexibility index (Phi) is 11.6. The molecule has 40 heavy (non-hydrogen) atoms. The van der Waals surface area contributed by atoms with E-state index in [4.69, 9.17) is 17.2 Å². The SMILES string of the molecule is NC(=O)CC(N)C(=O)NC(CC(N)=O)C(=O)NC(Cc1ccc(O)cc1)C(=O)NC(Cc1ccccc1)C(=O)O. The van der Waals surface area contributed by atoms with Gasteiger partial charge in [0.05, 0.1) is 18.9 Å². The molecule has 0 saturated heterocycles. The molecule has 0 fully saturated rings. The van der Waals surface area contributed by atoms with Crippen LogP contribution in [0.4, 0.5) is 0 Å². The highest BCUT2D eigenvalue weighted by Crippen LogP contribution is 2.12. The van der Waals surface area contributed by atoms with E-state index >= 15 is 0 Å². The summed E-state index contributed by atoms with van der Waals surface area (Å²) >= 11 is 0. The number of carbonyl (C=O) groups excluding carboxylic acids is 5. The summed E-state index contributed by atoms with van der Waals surface area (Å²) in [6.07, 6.45) is -1.38. The molecule has 0 radical (unpaired) electrons. The Labute approximate surface area is 229 Å². The maximum absolute atomic E-state index is 13.3. The summed E-state index contributed by atoms with van der Waals surface area (Å²) in [5.74, 6) is -6.00. The van der Waals surface area contributed by atoms with Gasteiger partial charge in [0, 0.05) is 12.8 Å².